The standard InChI is InChI=1S/C9H17N3O2/c1-7(2)5-12-8(4-10-11-12)9(13)6-14-3/h4,7,9,13H,5-6H2,1-3H3/t9-/m0/s1. The van der Waals surface area contributed by atoms with Crippen molar-refractivity contribution < 1.29 is 9.84 Å². The molecule has 5 heteroatoms. The first-order valence-electron chi connectivity index (χ1n) is 4.70. The van der Waals surface area contributed by atoms with E-state index in [4.69, 9.17) is 4.74 Å². The van der Waals surface area contributed by atoms with E-state index in [9.17, 15) is 5.11 Å². The predicted molar refractivity (Wildman–Crippen MR) is 51.7 cm³/mol. The van der Waals surface area contributed by atoms with Gasteiger partial charge in [-0.2, -0.15) is 0 Å². The van der Waals surface area contributed by atoms with Gasteiger partial charge in [-0.15, -0.1) is 5.10 Å². The van der Waals surface area contributed by atoms with Gasteiger partial charge in [0.15, 0.2) is 0 Å². The summed E-state index contributed by atoms with van der Waals surface area (Å²) in [5.74, 6) is 0.477. The number of rotatable bonds is 5. The van der Waals surface area contributed by atoms with Gasteiger partial charge in [0.2, 0.25) is 0 Å². The zero-order chi connectivity index (χ0) is 10.6. The van der Waals surface area contributed by atoms with Gasteiger partial charge < -0.3 is 9.84 Å². The molecule has 0 fully saturated rings. The van der Waals surface area contributed by atoms with E-state index in [1.165, 1.54) is 0 Å². The summed E-state index contributed by atoms with van der Waals surface area (Å²) >= 11 is 0. The highest BCUT2D eigenvalue weighted by Crippen LogP contribution is 2.12. The summed E-state index contributed by atoms with van der Waals surface area (Å²) in [5.41, 5.74) is 0.709. The summed E-state index contributed by atoms with van der Waals surface area (Å²) in [6.45, 7) is 5.21. The summed E-state index contributed by atoms with van der Waals surface area (Å²) in [4.78, 5) is 0. The number of ether oxygens (including phenoxy) is 1. The largest absolute Gasteiger partial charge is 0.384 e. The van der Waals surface area contributed by atoms with Crippen molar-refractivity contribution in [3.63, 3.8) is 0 Å². The average Bonchev–Trinajstić information content (AvgIpc) is 2.51. The minimum atomic E-state index is -0.645. The molecule has 0 aliphatic carbocycles. The van der Waals surface area contributed by atoms with E-state index in [1.54, 1.807) is 18.0 Å². The number of hydrogen-bond donors (Lipinski definition) is 1. The van der Waals surface area contributed by atoms with E-state index >= 15 is 0 Å². The predicted octanol–water partition coefficient (Wildman–Crippen LogP) is 0.614. The van der Waals surface area contributed by atoms with Gasteiger partial charge in [0, 0.05) is 13.7 Å². The lowest BCUT2D eigenvalue weighted by Gasteiger charge is -2.12. The van der Waals surface area contributed by atoms with Crippen LogP contribution in [0.5, 0.6) is 0 Å². The first-order valence-corrected chi connectivity index (χ1v) is 4.70. The fourth-order valence-corrected chi connectivity index (χ4v) is 1.25. The molecule has 0 aromatic carbocycles. The van der Waals surface area contributed by atoms with Crippen LogP contribution >= 0.6 is 0 Å². The summed E-state index contributed by atoms with van der Waals surface area (Å²) in [6, 6.07) is 0. The lowest BCUT2D eigenvalue weighted by Crippen LogP contribution is -2.15. The van der Waals surface area contributed by atoms with Crippen molar-refractivity contribution in [3.8, 4) is 0 Å². The molecule has 0 bridgehead atoms. The van der Waals surface area contributed by atoms with Crippen LogP contribution in [0.3, 0.4) is 0 Å². The van der Waals surface area contributed by atoms with Crippen LogP contribution in [0.1, 0.15) is 25.6 Å². The molecule has 5 nitrogen and oxygen atoms in total. The molecule has 0 aliphatic rings. The summed E-state index contributed by atoms with van der Waals surface area (Å²) in [6.07, 6.45) is 0.931. The van der Waals surface area contributed by atoms with Crippen molar-refractivity contribution in [1.82, 2.24) is 15.0 Å². The molecule has 0 spiro atoms. The Morgan fingerprint density at radius 2 is 2.29 bits per heavy atom. The normalized spacial score (nSPS) is 13.5. The van der Waals surface area contributed by atoms with Crippen LogP contribution in [0.15, 0.2) is 6.20 Å². The highest BCUT2D eigenvalue weighted by molar-refractivity contribution is 4.98. The molecule has 0 saturated carbocycles. The van der Waals surface area contributed by atoms with Crippen LogP contribution in [-0.4, -0.2) is 33.8 Å². The number of aliphatic hydroxyl groups is 1. The van der Waals surface area contributed by atoms with E-state index in [0.29, 0.717) is 11.6 Å². The molecule has 1 N–H and O–H groups in total. The Bertz CT molecular complexity index is 273. The second-order valence-corrected chi connectivity index (χ2v) is 3.71. The summed E-state index contributed by atoms with van der Waals surface area (Å²) in [7, 11) is 1.56. The minimum absolute atomic E-state index is 0.269. The van der Waals surface area contributed by atoms with E-state index < -0.39 is 6.10 Å². The van der Waals surface area contributed by atoms with Crippen LogP contribution < -0.4 is 0 Å². The fraction of sp³-hybridized carbons (Fsp3) is 0.778. The summed E-state index contributed by atoms with van der Waals surface area (Å²) in [5, 5.41) is 17.4. The van der Waals surface area contributed by atoms with E-state index in [0.717, 1.165) is 6.54 Å². The molecule has 1 rings (SSSR count). The Kier molecular flexibility index (Phi) is 4.03. The molecule has 1 aromatic heterocycles. The molecule has 0 unspecified atom stereocenters. The van der Waals surface area contributed by atoms with Crippen molar-refractivity contribution in [2.24, 2.45) is 5.92 Å². The third-order valence-corrected chi connectivity index (χ3v) is 1.85. The Labute approximate surface area is 83.7 Å². The second-order valence-electron chi connectivity index (χ2n) is 3.71. The number of nitrogens with zero attached hydrogens (tertiary/aromatic N) is 3. The molecule has 80 valence electrons. The molecule has 0 amide bonds. The SMILES string of the molecule is COC[C@H](O)c1cnnn1CC(C)C. The van der Waals surface area contributed by atoms with Crippen molar-refractivity contribution in [3.05, 3.63) is 11.9 Å². The fourth-order valence-electron chi connectivity index (χ4n) is 1.25. The maximum Gasteiger partial charge on any atom is 0.120 e. The third-order valence-electron chi connectivity index (χ3n) is 1.85. The monoisotopic (exact) mass is 199 g/mol. The molecule has 14 heavy (non-hydrogen) atoms. The first kappa shape index (κ1) is 11.1. The second kappa shape index (κ2) is 5.07. The molecular weight excluding hydrogens is 182 g/mol. The van der Waals surface area contributed by atoms with Crippen LogP contribution in [0.4, 0.5) is 0 Å². The Morgan fingerprint density at radius 1 is 1.57 bits per heavy atom. The van der Waals surface area contributed by atoms with Crippen LogP contribution in [0.25, 0.3) is 0 Å². The maximum atomic E-state index is 9.68. The average molecular weight is 199 g/mol. The topological polar surface area (TPSA) is 60.2 Å². The molecular formula is C9H17N3O2. The maximum absolute atomic E-state index is 9.68. The van der Waals surface area contributed by atoms with Gasteiger partial charge in [0.05, 0.1) is 18.5 Å². The van der Waals surface area contributed by atoms with E-state index in [-0.39, 0.29) is 6.61 Å². The van der Waals surface area contributed by atoms with Gasteiger partial charge in [-0.25, -0.2) is 4.68 Å². The number of methoxy groups -OCH3 is 1. The van der Waals surface area contributed by atoms with Gasteiger partial charge in [0.1, 0.15) is 6.10 Å². The van der Waals surface area contributed by atoms with Crippen molar-refractivity contribution in [1.29, 1.82) is 0 Å². The van der Waals surface area contributed by atoms with Gasteiger partial charge in [-0.05, 0) is 5.92 Å². The number of aromatic nitrogens is 3. The number of hydrogen-bond acceptors (Lipinski definition) is 4. The Morgan fingerprint density at radius 3 is 2.86 bits per heavy atom. The molecule has 1 heterocycles. The Hall–Kier alpha value is -0.940. The lowest BCUT2D eigenvalue weighted by atomic mass is 10.2. The highest BCUT2D eigenvalue weighted by atomic mass is 16.5. The third kappa shape index (κ3) is 2.78. The smallest absolute Gasteiger partial charge is 0.120 e. The molecule has 0 aliphatic heterocycles. The molecule has 0 saturated heterocycles. The highest BCUT2D eigenvalue weighted by Gasteiger charge is 2.14. The first-order chi connectivity index (χ1) is 6.65. The van der Waals surface area contributed by atoms with Gasteiger partial charge in [-0.3, -0.25) is 0 Å². The molecule has 1 aromatic rings. The van der Waals surface area contributed by atoms with E-state index in [2.05, 4.69) is 24.2 Å². The molecule has 1 atom stereocenters. The lowest BCUT2D eigenvalue weighted by molar-refractivity contribution is 0.0581. The number of aliphatic hydroxyl groups excluding tert-OH is 1. The van der Waals surface area contributed by atoms with Crippen molar-refractivity contribution >= 4 is 0 Å². The van der Waals surface area contributed by atoms with Crippen LogP contribution in [0, 0.1) is 5.92 Å². The van der Waals surface area contributed by atoms with Crippen LogP contribution in [0.2, 0.25) is 0 Å². The molecule has 0 radical (unpaired) electrons. The van der Waals surface area contributed by atoms with Crippen molar-refractivity contribution in [2.45, 2.75) is 26.5 Å². The van der Waals surface area contributed by atoms with Crippen molar-refractivity contribution in [2.75, 3.05) is 13.7 Å². The van der Waals surface area contributed by atoms with Gasteiger partial charge >= 0.3 is 0 Å². The van der Waals surface area contributed by atoms with E-state index in [1.807, 2.05) is 0 Å². The zero-order valence-electron chi connectivity index (χ0n) is 8.84. The quantitative estimate of drug-likeness (QED) is 0.755. The van der Waals surface area contributed by atoms with Crippen LogP contribution in [-0.2, 0) is 11.3 Å². The minimum Gasteiger partial charge on any atom is -0.384 e. The Balaban J connectivity index is 2.70. The summed E-state index contributed by atoms with van der Waals surface area (Å²) < 4.78 is 6.59. The van der Waals surface area contributed by atoms with Gasteiger partial charge in [0.25, 0.3) is 0 Å². The zero-order valence-corrected chi connectivity index (χ0v) is 8.84. The van der Waals surface area contributed by atoms with Gasteiger partial charge in [-0.1, -0.05) is 19.1 Å².